The van der Waals surface area contributed by atoms with Crippen LogP contribution in [0, 0.1) is 5.92 Å². The Hall–Kier alpha value is -0.940. The first-order valence-corrected chi connectivity index (χ1v) is 6.86. The van der Waals surface area contributed by atoms with Gasteiger partial charge in [-0.1, -0.05) is 27.2 Å². The van der Waals surface area contributed by atoms with Crippen LogP contribution in [-0.4, -0.2) is 23.5 Å². The van der Waals surface area contributed by atoms with Crippen LogP contribution in [0.25, 0.3) is 0 Å². The molecule has 0 aromatic carbocycles. The minimum Gasteiger partial charge on any atom is -0.354 e. The van der Waals surface area contributed by atoms with Gasteiger partial charge in [-0.05, 0) is 5.92 Å². The van der Waals surface area contributed by atoms with E-state index in [9.17, 15) is 4.79 Å². The van der Waals surface area contributed by atoms with Crippen molar-refractivity contribution in [3.63, 3.8) is 0 Å². The number of nitrogens with zero attached hydrogens (tertiary/aromatic N) is 1. The van der Waals surface area contributed by atoms with E-state index in [0.29, 0.717) is 6.54 Å². The monoisotopic (exact) mass is 255 g/mol. The Morgan fingerprint density at radius 1 is 1.59 bits per heavy atom. The molecule has 96 valence electrons. The van der Waals surface area contributed by atoms with Crippen molar-refractivity contribution in [1.29, 1.82) is 0 Å². The van der Waals surface area contributed by atoms with Gasteiger partial charge < -0.3 is 11.1 Å². The number of amides is 1. The fraction of sp³-hybridized carbons (Fsp3) is 0.667. The largest absolute Gasteiger partial charge is 0.354 e. The standard InChI is InChI=1S/C12H21N3OS/c1-4-8(2)10(13)11(16)15-7-9(3)12-14-5-6-17-12/h5-6,8-10H,4,7,13H2,1-3H3,(H,15,16). The molecule has 0 radical (unpaired) electrons. The Kier molecular flexibility index (Phi) is 5.58. The van der Waals surface area contributed by atoms with Gasteiger partial charge in [0.05, 0.1) is 11.0 Å². The lowest BCUT2D eigenvalue weighted by Crippen LogP contribution is -2.45. The molecule has 3 unspecified atom stereocenters. The Bertz CT molecular complexity index is 340. The topological polar surface area (TPSA) is 68.0 Å². The molecule has 3 atom stereocenters. The van der Waals surface area contributed by atoms with Crippen LogP contribution in [-0.2, 0) is 4.79 Å². The number of thiazole rings is 1. The molecule has 17 heavy (non-hydrogen) atoms. The summed E-state index contributed by atoms with van der Waals surface area (Å²) >= 11 is 1.61. The summed E-state index contributed by atoms with van der Waals surface area (Å²) in [5, 5.41) is 5.88. The van der Waals surface area contributed by atoms with Crippen molar-refractivity contribution >= 4 is 17.2 Å². The molecule has 1 amide bonds. The maximum absolute atomic E-state index is 11.8. The zero-order valence-corrected chi connectivity index (χ0v) is 11.5. The molecule has 0 spiro atoms. The molecule has 4 nitrogen and oxygen atoms in total. The molecular formula is C12H21N3OS. The zero-order chi connectivity index (χ0) is 12.8. The number of carbonyl (C=O) groups is 1. The highest BCUT2D eigenvalue weighted by molar-refractivity contribution is 7.09. The van der Waals surface area contributed by atoms with Crippen LogP contribution in [0.4, 0.5) is 0 Å². The Morgan fingerprint density at radius 3 is 2.82 bits per heavy atom. The molecule has 0 saturated heterocycles. The molecule has 1 aromatic rings. The van der Waals surface area contributed by atoms with Crippen LogP contribution < -0.4 is 11.1 Å². The van der Waals surface area contributed by atoms with Gasteiger partial charge in [-0.15, -0.1) is 11.3 Å². The van der Waals surface area contributed by atoms with Crippen LogP contribution >= 0.6 is 11.3 Å². The number of hydrogen-bond donors (Lipinski definition) is 2. The van der Waals surface area contributed by atoms with Gasteiger partial charge >= 0.3 is 0 Å². The van der Waals surface area contributed by atoms with E-state index in [1.54, 1.807) is 17.5 Å². The summed E-state index contributed by atoms with van der Waals surface area (Å²) in [4.78, 5) is 16.0. The third-order valence-corrected chi connectivity index (χ3v) is 4.02. The van der Waals surface area contributed by atoms with Crippen molar-refractivity contribution in [2.45, 2.75) is 39.2 Å². The summed E-state index contributed by atoms with van der Waals surface area (Å²) in [6.45, 7) is 6.68. The van der Waals surface area contributed by atoms with Gasteiger partial charge in [0.2, 0.25) is 5.91 Å². The highest BCUT2D eigenvalue weighted by Crippen LogP contribution is 2.16. The van der Waals surface area contributed by atoms with Gasteiger partial charge in [0.15, 0.2) is 0 Å². The molecule has 0 aliphatic heterocycles. The zero-order valence-electron chi connectivity index (χ0n) is 10.6. The highest BCUT2D eigenvalue weighted by atomic mass is 32.1. The average Bonchev–Trinajstić information content (AvgIpc) is 2.87. The number of aromatic nitrogens is 1. The quantitative estimate of drug-likeness (QED) is 0.813. The van der Waals surface area contributed by atoms with Crippen LogP contribution in [0.3, 0.4) is 0 Å². The van der Waals surface area contributed by atoms with E-state index >= 15 is 0 Å². The van der Waals surface area contributed by atoms with Crippen LogP contribution in [0.1, 0.15) is 38.1 Å². The van der Waals surface area contributed by atoms with Crippen molar-refractivity contribution in [3.8, 4) is 0 Å². The molecular weight excluding hydrogens is 234 g/mol. The van der Waals surface area contributed by atoms with E-state index in [2.05, 4.69) is 10.3 Å². The lowest BCUT2D eigenvalue weighted by Gasteiger charge is -2.18. The second-order valence-electron chi connectivity index (χ2n) is 4.43. The van der Waals surface area contributed by atoms with E-state index in [1.807, 2.05) is 26.2 Å². The number of nitrogens with two attached hydrogens (primary N) is 1. The Balaban J connectivity index is 2.38. The fourth-order valence-electron chi connectivity index (χ4n) is 1.45. The van der Waals surface area contributed by atoms with E-state index < -0.39 is 6.04 Å². The predicted octanol–water partition coefficient (Wildman–Crippen LogP) is 1.74. The lowest BCUT2D eigenvalue weighted by atomic mass is 9.99. The first kappa shape index (κ1) is 14.1. The summed E-state index contributed by atoms with van der Waals surface area (Å²) in [6.07, 6.45) is 2.69. The van der Waals surface area contributed by atoms with Gasteiger partial charge in [-0.2, -0.15) is 0 Å². The first-order valence-electron chi connectivity index (χ1n) is 5.98. The van der Waals surface area contributed by atoms with Crippen molar-refractivity contribution < 1.29 is 4.79 Å². The third-order valence-electron chi connectivity index (χ3n) is 3.02. The number of hydrogen-bond acceptors (Lipinski definition) is 4. The number of carbonyl (C=O) groups excluding carboxylic acids is 1. The van der Waals surface area contributed by atoms with E-state index in [4.69, 9.17) is 5.73 Å². The summed E-state index contributed by atoms with van der Waals surface area (Å²) in [5.74, 6) is 0.385. The molecule has 0 aliphatic rings. The average molecular weight is 255 g/mol. The molecule has 5 heteroatoms. The van der Waals surface area contributed by atoms with Crippen molar-refractivity contribution in [1.82, 2.24) is 10.3 Å². The Labute approximate surface area is 107 Å². The second-order valence-corrected chi connectivity index (χ2v) is 5.35. The maximum Gasteiger partial charge on any atom is 0.237 e. The van der Waals surface area contributed by atoms with E-state index in [-0.39, 0.29) is 17.7 Å². The third kappa shape index (κ3) is 4.09. The summed E-state index contributed by atoms with van der Waals surface area (Å²) in [6, 6.07) is -0.413. The minimum atomic E-state index is -0.413. The summed E-state index contributed by atoms with van der Waals surface area (Å²) < 4.78 is 0. The maximum atomic E-state index is 11.8. The van der Waals surface area contributed by atoms with Gasteiger partial charge in [-0.3, -0.25) is 4.79 Å². The van der Waals surface area contributed by atoms with Crippen molar-refractivity contribution in [2.24, 2.45) is 11.7 Å². The molecule has 1 rings (SSSR count). The Morgan fingerprint density at radius 2 is 2.29 bits per heavy atom. The number of rotatable bonds is 6. The molecule has 0 saturated carbocycles. The normalized spacial score (nSPS) is 16.2. The predicted molar refractivity (Wildman–Crippen MR) is 71.0 cm³/mol. The summed E-state index contributed by atoms with van der Waals surface area (Å²) in [5.41, 5.74) is 5.85. The van der Waals surface area contributed by atoms with Gasteiger partial charge in [-0.25, -0.2) is 4.98 Å². The van der Waals surface area contributed by atoms with Gasteiger partial charge in [0, 0.05) is 24.0 Å². The molecule has 3 N–H and O–H groups in total. The molecule has 0 aliphatic carbocycles. The molecule has 0 bridgehead atoms. The number of nitrogens with one attached hydrogen (secondary N) is 1. The summed E-state index contributed by atoms with van der Waals surface area (Å²) in [7, 11) is 0. The van der Waals surface area contributed by atoms with Gasteiger partial charge in [0.25, 0.3) is 0 Å². The molecule has 1 aromatic heterocycles. The SMILES string of the molecule is CCC(C)C(N)C(=O)NCC(C)c1nccs1. The minimum absolute atomic E-state index is 0.0669. The second kappa shape index (κ2) is 6.71. The highest BCUT2D eigenvalue weighted by Gasteiger charge is 2.20. The molecule has 1 heterocycles. The lowest BCUT2D eigenvalue weighted by molar-refractivity contribution is -0.123. The van der Waals surface area contributed by atoms with Crippen molar-refractivity contribution in [2.75, 3.05) is 6.54 Å². The molecule has 0 fully saturated rings. The fourth-order valence-corrected chi connectivity index (χ4v) is 2.15. The van der Waals surface area contributed by atoms with E-state index in [0.717, 1.165) is 11.4 Å². The van der Waals surface area contributed by atoms with Crippen LogP contribution in [0.5, 0.6) is 0 Å². The smallest absolute Gasteiger partial charge is 0.237 e. The van der Waals surface area contributed by atoms with Crippen molar-refractivity contribution in [3.05, 3.63) is 16.6 Å². The van der Waals surface area contributed by atoms with E-state index in [1.165, 1.54) is 0 Å². The first-order chi connectivity index (χ1) is 8.06. The van der Waals surface area contributed by atoms with Gasteiger partial charge in [0.1, 0.15) is 0 Å². The van der Waals surface area contributed by atoms with Crippen LogP contribution in [0.2, 0.25) is 0 Å². The van der Waals surface area contributed by atoms with Crippen LogP contribution in [0.15, 0.2) is 11.6 Å².